The molecule has 0 aliphatic heterocycles. The van der Waals surface area contributed by atoms with Crippen molar-refractivity contribution in [1.82, 2.24) is 0 Å². The largest absolute Gasteiger partial charge is 0.494 e. The molecule has 0 atom stereocenters. The fourth-order valence-corrected chi connectivity index (χ4v) is 3.97. The summed E-state index contributed by atoms with van der Waals surface area (Å²) >= 11 is 6.15. The fraction of sp³-hybridized carbons (Fsp3) is 0.300. The van der Waals surface area contributed by atoms with Crippen molar-refractivity contribution in [1.29, 1.82) is 0 Å². The van der Waals surface area contributed by atoms with Crippen LogP contribution in [0.1, 0.15) is 44.7 Å². The van der Waals surface area contributed by atoms with Crippen LogP contribution >= 0.6 is 11.6 Å². The zero-order valence-corrected chi connectivity index (χ0v) is 21.4. The van der Waals surface area contributed by atoms with Crippen molar-refractivity contribution >= 4 is 22.6 Å². The minimum Gasteiger partial charge on any atom is -0.494 e. The quantitative estimate of drug-likeness (QED) is 0.235. The lowest BCUT2D eigenvalue weighted by atomic mass is 9.86. The minimum atomic E-state index is -0.223. The number of hydrogen-bond donors (Lipinski definition) is 0. The minimum absolute atomic E-state index is 0.0273. The van der Waals surface area contributed by atoms with Crippen molar-refractivity contribution in [3.63, 3.8) is 0 Å². The van der Waals surface area contributed by atoms with Gasteiger partial charge in [0, 0.05) is 10.6 Å². The maximum absolute atomic E-state index is 13.4. The summed E-state index contributed by atoms with van der Waals surface area (Å²) in [4.78, 5) is 13.4. The standard InChI is InChI=1S/C30H31ClO4/c1-20-7-14-24(15-8-20)33-17-5-6-18-34-29-27(32)25-19-23(31)13-16-26(25)35-28(29)21-9-11-22(12-10-21)30(2,3)4/h7-16,19H,5-6,17-18H2,1-4H3. The van der Waals surface area contributed by atoms with Crippen molar-refractivity contribution < 1.29 is 13.9 Å². The summed E-state index contributed by atoms with van der Waals surface area (Å²) in [6, 6.07) is 21.1. The zero-order chi connectivity index (χ0) is 25.0. The van der Waals surface area contributed by atoms with Crippen molar-refractivity contribution in [3.8, 4) is 22.8 Å². The highest BCUT2D eigenvalue weighted by atomic mass is 35.5. The maximum atomic E-state index is 13.4. The predicted octanol–water partition coefficient (Wildman–Crippen LogP) is 7.96. The van der Waals surface area contributed by atoms with Crippen LogP contribution in [0.25, 0.3) is 22.3 Å². The Morgan fingerprint density at radius 2 is 1.51 bits per heavy atom. The van der Waals surface area contributed by atoms with Crippen molar-refractivity contribution in [3.05, 3.63) is 93.1 Å². The number of unbranched alkanes of at least 4 members (excludes halogenated alkanes) is 1. The van der Waals surface area contributed by atoms with Crippen LogP contribution in [0.4, 0.5) is 0 Å². The number of ether oxygens (including phenoxy) is 2. The Bertz CT molecular complexity index is 1350. The highest BCUT2D eigenvalue weighted by Crippen LogP contribution is 2.33. The van der Waals surface area contributed by atoms with Crippen LogP contribution in [0.2, 0.25) is 5.02 Å². The molecule has 35 heavy (non-hydrogen) atoms. The molecule has 0 radical (unpaired) electrons. The molecule has 0 amide bonds. The van der Waals surface area contributed by atoms with Gasteiger partial charge in [0.1, 0.15) is 11.3 Å². The third-order valence-corrected chi connectivity index (χ3v) is 6.13. The maximum Gasteiger partial charge on any atom is 0.235 e. The van der Waals surface area contributed by atoms with Gasteiger partial charge in [-0.2, -0.15) is 0 Å². The number of aryl methyl sites for hydroxylation is 1. The Balaban J connectivity index is 1.52. The SMILES string of the molecule is Cc1ccc(OCCCCOc2c(-c3ccc(C(C)(C)C)cc3)oc3ccc(Cl)cc3c2=O)cc1. The van der Waals surface area contributed by atoms with Crippen LogP contribution < -0.4 is 14.9 Å². The molecule has 182 valence electrons. The predicted molar refractivity (Wildman–Crippen MR) is 143 cm³/mol. The molecule has 1 heterocycles. The number of hydrogen-bond acceptors (Lipinski definition) is 4. The highest BCUT2D eigenvalue weighted by Gasteiger charge is 2.19. The molecule has 0 fully saturated rings. The van der Waals surface area contributed by atoms with Crippen LogP contribution in [-0.2, 0) is 5.41 Å². The molecule has 1 aromatic heterocycles. The summed E-state index contributed by atoms with van der Waals surface area (Å²) in [5, 5.41) is 0.886. The average Bonchev–Trinajstić information content (AvgIpc) is 2.83. The first kappa shape index (κ1) is 24.9. The molecule has 4 nitrogen and oxygen atoms in total. The molecule has 3 aromatic carbocycles. The monoisotopic (exact) mass is 490 g/mol. The lowest BCUT2D eigenvalue weighted by molar-refractivity contribution is 0.263. The lowest BCUT2D eigenvalue weighted by Gasteiger charge is -2.19. The van der Waals surface area contributed by atoms with E-state index < -0.39 is 0 Å². The van der Waals surface area contributed by atoms with Gasteiger partial charge in [0.2, 0.25) is 11.2 Å². The first-order valence-corrected chi connectivity index (χ1v) is 12.3. The van der Waals surface area contributed by atoms with Crippen LogP contribution in [0.3, 0.4) is 0 Å². The van der Waals surface area contributed by atoms with Gasteiger partial charge in [0.05, 0.1) is 18.6 Å². The number of benzene rings is 3. The molecule has 0 spiro atoms. The first-order valence-electron chi connectivity index (χ1n) is 11.9. The smallest absolute Gasteiger partial charge is 0.235 e. The molecule has 0 bridgehead atoms. The second-order valence-corrected chi connectivity index (χ2v) is 10.2. The van der Waals surface area contributed by atoms with E-state index in [9.17, 15) is 4.79 Å². The van der Waals surface area contributed by atoms with E-state index >= 15 is 0 Å². The fourth-order valence-electron chi connectivity index (χ4n) is 3.80. The van der Waals surface area contributed by atoms with Crippen LogP contribution in [0.5, 0.6) is 11.5 Å². The summed E-state index contributed by atoms with van der Waals surface area (Å²) < 4.78 is 18.0. The van der Waals surface area contributed by atoms with Gasteiger partial charge >= 0.3 is 0 Å². The van der Waals surface area contributed by atoms with Gasteiger partial charge in [-0.05, 0) is 61.1 Å². The van der Waals surface area contributed by atoms with Crippen molar-refractivity contribution in [2.45, 2.75) is 46.0 Å². The molecule has 0 unspecified atom stereocenters. The van der Waals surface area contributed by atoms with E-state index in [1.807, 2.05) is 43.3 Å². The summed E-state index contributed by atoms with van der Waals surface area (Å²) in [7, 11) is 0. The van der Waals surface area contributed by atoms with Gasteiger partial charge < -0.3 is 13.9 Å². The molecule has 4 aromatic rings. The lowest BCUT2D eigenvalue weighted by Crippen LogP contribution is -2.12. The molecule has 0 saturated carbocycles. The second kappa shape index (κ2) is 10.6. The summed E-state index contributed by atoms with van der Waals surface area (Å²) in [5.74, 6) is 1.49. The molecule has 0 saturated heterocycles. The van der Waals surface area contributed by atoms with Gasteiger partial charge in [-0.1, -0.05) is 74.3 Å². The molecular weight excluding hydrogens is 460 g/mol. The van der Waals surface area contributed by atoms with Crippen LogP contribution in [0.15, 0.2) is 75.9 Å². The van der Waals surface area contributed by atoms with Crippen LogP contribution in [-0.4, -0.2) is 13.2 Å². The molecular formula is C30H31ClO4. The normalized spacial score (nSPS) is 11.6. The molecule has 0 aliphatic carbocycles. The number of fused-ring (bicyclic) bond motifs is 1. The van der Waals surface area contributed by atoms with Crippen LogP contribution in [0, 0.1) is 6.92 Å². The van der Waals surface area contributed by atoms with Gasteiger partial charge in [-0.3, -0.25) is 4.79 Å². The average molecular weight is 491 g/mol. The Morgan fingerprint density at radius 3 is 2.17 bits per heavy atom. The summed E-state index contributed by atoms with van der Waals surface area (Å²) in [6.45, 7) is 9.50. The Labute approximate surface area is 211 Å². The Hall–Kier alpha value is -3.24. The van der Waals surface area contributed by atoms with E-state index in [-0.39, 0.29) is 16.6 Å². The van der Waals surface area contributed by atoms with Crippen molar-refractivity contribution in [2.24, 2.45) is 0 Å². The third kappa shape index (κ3) is 6.07. The molecule has 0 N–H and O–H groups in total. The summed E-state index contributed by atoms with van der Waals surface area (Å²) in [5.41, 5.74) is 3.48. The van der Waals surface area contributed by atoms with Gasteiger partial charge in [-0.15, -0.1) is 0 Å². The van der Waals surface area contributed by atoms with E-state index in [2.05, 4.69) is 32.9 Å². The van der Waals surface area contributed by atoms with E-state index in [0.717, 1.165) is 24.2 Å². The Morgan fingerprint density at radius 1 is 0.857 bits per heavy atom. The highest BCUT2D eigenvalue weighted by molar-refractivity contribution is 6.31. The van der Waals surface area contributed by atoms with Crippen molar-refractivity contribution in [2.75, 3.05) is 13.2 Å². The van der Waals surface area contributed by atoms with Gasteiger partial charge in [-0.25, -0.2) is 0 Å². The van der Waals surface area contributed by atoms with E-state index in [0.29, 0.717) is 35.0 Å². The first-order chi connectivity index (χ1) is 16.7. The number of halogens is 1. The molecule has 5 heteroatoms. The van der Waals surface area contributed by atoms with Gasteiger partial charge in [0.25, 0.3) is 0 Å². The molecule has 4 rings (SSSR count). The van der Waals surface area contributed by atoms with E-state index in [1.54, 1.807) is 18.2 Å². The zero-order valence-electron chi connectivity index (χ0n) is 20.7. The third-order valence-electron chi connectivity index (χ3n) is 5.90. The van der Waals surface area contributed by atoms with E-state index in [1.165, 1.54) is 11.1 Å². The summed E-state index contributed by atoms with van der Waals surface area (Å²) in [6.07, 6.45) is 1.54. The molecule has 0 aliphatic rings. The second-order valence-electron chi connectivity index (χ2n) is 9.77. The van der Waals surface area contributed by atoms with E-state index in [4.69, 9.17) is 25.5 Å². The Kier molecular flexibility index (Phi) is 7.51. The van der Waals surface area contributed by atoms with Gasteiger partial charge in [0.15, 0.2) is 5.76 Å². The number of rotatable bonds is 8. The topological polar surface area (TPSA) is 48.7 Å².